The van der Waals surface area contributed by atoms with Gasteiger partial charge in [0.1, 0.15) is 0 Å². The summed E-state index contributed by atoms with van der Waals surface area (Å²) in [5.74, 6) is 0.763. The summed E-state index contributed by atoms with van der Waals surface area (Å²) in [4.78, 5) is 5.27. The van der Waals surface area contributed by atoms with Gasteiger partial charge in [0, 0.05) is 36.6 Å². The van der Waals surface area contributed by atoms with Gasteiger partial charge in [0.05, 0.1) is 0 Å². The maximum atomic E-state index is 5.63. The quantitative estimate of drug-likeness (QED) is 0.874. The number of hydrogen-bond acceptors (Lipinski definition) is 4. The topological polar surface area (TPSA) is 38.5 Å². The van der Waals surface area contributed by atoms with E-state index < -0.39 is 0 Å². The fourth-order valence-electron chi connectivity index (χ4n) is 2.38. The fraction of sp³-hybridized carbons (Fsp3) is 0.692. The van der Waals surface area contributed by atoms with Gasteiger partial charge in [-0.15, -0.1) is 11.3 Å². The van der Waals surface area contributed by atoms with E-state index in [0.717, 1.165) is 19.1 Å². The molecule has 0 bridgehead atoms. The Hall–Kier alpha value is -0.420. The summed E-state index contributed by atoms with van der Waals surface area (Å²) >= 11 is 1.85. The zero-order valence-corrected chi connectivity index (χ0v) is 11.3. The van der Waals surface area contributed by atoms with E-state index in [1.54, 1.807) is 7.11 Å². The van der Waals surface area contributed by atoms with Crippen LogP contribution in [-0.2, 0) is 17.8 Å². The smallest absolute Gasteiger partial charge is 0.0491 e. The normalized spacial score (nSPS) is 18.7. The first-order chi connectivity index (χ1) is 8.31. The molecule has 0 radical (unpaired) electrons. The Morgan fingerprint density at radius 2 is 2.06 bits per heavy atom. The summed E-state index contributed by atoms with van der Waals surface area (Å²) < 4.78 is 5.22. The summed E-state index contributed by atoms with van der Waals surface area (Å²) in [5, 5.41) is 0. The van der Waals surface area contributed by atoms with Gasteiger partial charge >= 0.3 is 0 Å². The van der Waals surface area contributed by atoms with Gasteiger partial charge in [-0.3, -0.25) is 4.90 Å². The van der Waals surface area contributed by atoms with E-state index in [-0.39, 0.29) is 0 Å². The van der Waals surface area contributed by atoms with Crippen molar-refractivity contribution < 1.29 is 4.74 Å². The monoisotopic (exact) mass is 254 g/mol. The fourth-order valence-corrected chi connectivity index (χ4v) is 3.32. The van der Waals surface area contributed by atoms with Gasteiger partial charge in [0.2, 0.25) is 0 Å². The molecule has 0 amide bonds. The molecule has 0 atom stereocenters. The van der Waals surface area contributed by atoms with Gasteiger partial charge in [-0.2, -0.15) is 0 Å². The van der Waals surface area contributed by atoms with Crippen molar-refractivity contribution in [1.82, 2.24) is 4.90 Å². The number of rotatable bonds is 5. The van der Waals surface area contributed by atoms with Crippen LogP contribution in [-0.4, -0.2) is 31.7 Å². The van der Waals surface area contributed by atoms with Crippen LogP contribution in [0.1, 0.15) is 22.6 Å². The highest BCUT2D eigenvalue weighted by Crippen LogP contribution is 2.22. The summed E-state index contributed by atoms with van der Waals surface area (Å²) in [6, 6.07) is 4.37. The van der Waals surface area contributed by atoms with Gasteiger partial charge in [-0.25, -0.2) is 0 Å². The van der Waals surface area contributed by atoms with Gasteiger partial charge < -0.3 is 10.5 Å². The van der Waals surface area contributed by atoms with Crippen molar-refractivity contribution in [3.63, 3.8) is 0 Å². The second-order valence-corrected chi connectivity index (χ2v) is 6.00. The van der Waals surface area contributed by atoms with Crippen LogP contribution in [0.3, 0.4) is 0 Å². The van der Waals surface area contributed by atoms with Crippen LogP contribution in [0.5, 0.6) is 0 Å². The summed E-state index contributed by atoms with van der Waals surface area (Å²) in [5.41, 5.74) is 5.63. The van der Waals surface area contributed by atoms with Gasteiger partial charge in [-0.1, -0.05) is 0 Å². The lowest BCUT2D eigenvalue weighted by Gasteiger charge is -2.31. The van der Waals surface area contributed by atoms with E-state index in [1.165, 1.54) is 35.7 Å². The molecule has 1 aromatic heterocycles. The van der Waals surface area contributed by atoms with Gasteiger partial charge in [0.15, 0.2) is 0 Å². The molecule has 2 heterocycles. The maximum absolute atomic E-state index is 5.63. The van der Waals surface area contributed by atoms with Crippen LogP contribution in [0.4, 0.5) is 0 Å². The zero-order chi connectivity index (χ0) is 12.1. The number of likely N-dealkylation sites (tertiary alicyclic amines) is 1. The third kappa shape index (κ3) is 3.78. The van der Waals surface area contributed by atoms with Crippen molar-refractivity contribution >= 4 is 11.3 Å². The number of nitrogens with two attached hydrogens (primary N) is 1. The summed E-state index contributed by atoms with van der Waals surface area (Å²) in [6.07, 6.45) is 2.53. The van der Waals surface area contributed by atoms with Gasteiger partial charge in [0.25, 0.3) is 0 Å². The molecule has 1 aromatic rings. The lowest BCUT2D eigenvalue weighted by Crippen LogP contribution is -2.34. The minimum atomic E-state index is 0.667. The first-order valence-corrected chi connectivity index (χ1v) is 7.12. The molecule has 0 aliphatic carbocycles. The predicted molar refractivity (Wildman–Crippen MR) is 72.1 cm³/mol. The van der Waals surface area contributed by atoms with E-state index in [0.29, 0.717) is 6.54 Å². The Morgan fingerprint density at radius 3 is 2.65 bits per heavy atom. The van der Waals surface area contributed by atoms with Crippen molar-refractivity contribution in [2.24, 2.45) is 11.7 Å². The molecular weight excluding hydrogens is 232 g/mol. The highest BCUT2D eigenvalue weighted by molar-refractivity contribution is 7.11. The molecule has 0 aromatic carbocycles. The van der Waals surface area contributed by atoms with E-state index in [9.17, 15) is 0 Å². The Morgan fingerprint density at radius 1 is 1.35 bits per heavy atom. The highest BCUT2D eigenvalue weighted by atomic mass is 32.1. The molecule has 4 heteroatoms. The maximum Gasteiger partial charge on any atom is 0.0491 e. The molecule has 2 rings (SSSR count). The largest absolute Gasteiger partial charge is 0.384 e. The predicted octanol–water partition coefficient (Wildman–Crippen LogP) is 2.07. The standard InChI is InChI=1S/C13H22N2OS/c1-16-10-11-4-6-15(7-5-11)9-13-3-2-12(8-14)17-13/h2-3,11H,4-10,14H2,1H3. The van der Waals surface area contributed by atoms with Crippen LogP contribution >= 0.6 is 11.3 Å². The minimum absolute atomic E-state index is 0.667. The molecule has 1 aliphatic rings. The third-order valence-corrected chi connectivity index (χ3v) is 4.50. The molecule has 0 spiro atoms. The van der Waals surface area contributed by atoms with E-state index in [1.807, 2.05) is 11.3 Å². The van der Waals surface area contributed by atoms with Crippen LogP contribution in [0.15, 0.2) is 12.1 Å². The Kier molecular flexibility index (Phi) is 4.98. The second-order valence-electron chi connectivity index (χ2n) is 4.75. The van der Waals surface area contributed by atoms with Crippen LogP contribution in [0.25, 0.3) is 0 Å². The number of ether oxygens (including phenoxy) is 1. The molecular formula is C13H22N2OS. The second kappa shape index (κ2) is 6.50. The molecule has 3 nitrogen and oxygen atoms in total. The zero-order valence-electron chi connectivity index (χ0n) is 10.5. The molecule has 1 fully saturated rings. The molecule has 1 saturated heterocycles. The number of methoxy groups -OCH3 is 1. The van der Waals surface area contributed by atoms with E-state index in [2.05, 4.69) is 17.0 Å². The van der Waals surface area contributed by atoms with Crippen molar-refractivity contribution in [3.05, 3.63) is 21.9 Å². The van der Waals surface area contributed by atoms with Gasteiger partial charge in [-0.05, 0) is 44.0 Å². The number of thiophene rings is 1. The SMILES string of the molecule is COCC1CCN(Cc2ccc(CN)s2)CC1. The Balaban J connectivity index is 1.77. The molecule has 1 aliphatic heterocycles. The summed E-state index contributed by atoms with van der Waals surface area (Å²) in [7, 11) is 1.80. The first-order valence-electron chi connectivity index (χ1n) is 6.30. The first kappa shape index (κ1) is 13.0. The molecule has 0 saturated carbocycles. The van der Waals surface area contributed by atoms with Crippen molar-refractivity contribution in [1.29, 1.82) is 0 Å². The highest BCUT2D eigenvalue weighted by Gasteiger charge is 2.19. The summed E-state index contributed by atoms with van der Waals surface area (Å²) in [6.45, 7) is 5.07. The number of hydrogen-bond donors (Lipinski definition) is 1. The molecule has 0 unspecified atom stereocenters. The Bertz CT molecular complexity index is 332. The van der Waals surface area contributed by atoms with Crippen LogP contribution in [0.2, 0.25) is 0 Å². The van der Waals surface area contributed by atoms with Crippen molar-refractivity contribution in [2.45, 2.75) is 25.9 Å². The third-order valence-electron chi connectivity index (χ3n) is 3.41. The van der Waals surface area contributed by atoms with E-state index in [4.69, 9.17) is 10.5 Å². The van der Waals surface area contributed by atoms with Crippen molar-refractivity contribution in [3.8, 4) is 0 Å². The average molecular weight is 254 g/mol. The number of piperidine rings is 1. The van der Waals surface area contributed by atoms with Crippen molar-refractivity contribution in [2.75, 3.05) is 26.8 Å². The van der Waals surface area contributed by atoms with Crippen LogP contribution < -0.4 is 5.73 Å². The molecule has 2 N–H and O–H groups in total. The molecule has 96 valence electrons. The molecule has 17 heavy (non-hydrogen) atoms. The van der Waals surface area contributed by atoms with Crippen LogP contribution in [0, 0.1) is 5.92 Å². The van der Waals surface area contributed by atoms with E-state index >= 15 is 0 Å². The lowest BCUT2D eigenvalue weighted by atomic mass is 9.98. The average Bonchev–Trinajstić information content (AvgIpc) is 2.80. The minimum Gasteiger partial charge on any atom is -0.384 e. The lowest BCUT2D eigenvalue weighted by molar-refractivity contribution is 0.0972. The Labute approximate surface area is 108 Å². The number of nitrogens with zero attached hydrogens (tertiary/aromatic N) is 1.